The van der Waals surface area contributed by atoms with E-state index in [1.54, 1.807) is 17.6 Å². The number of aromatic nitrogens is 2. The average Bonchev–Trinajstić information content (AvgIpc) is 3.39. The number of amides is 1. The van der Waals surface area contributed by atoms with Gasteiger partial charge in [0, 0.05) is 55.8 Å². The van der Waals surface area contributed by atoms with Crippen molar-refractivity contribution in [3.63, 3.8) is 0 Å². The lowest BCUT2D eigenvalue weighted by Gasteiger charge is -2.32. The number of pyridine rings is 2. The van der Waals surface area contributed by atoms with Crippen LogP contribution >= 0.6 is 0 Å². The normalized spacial score (nSPS) is 21.2. The van der Waals surface area contributed by atoms with Crippen LogP contribution in [0.1, 0.15) is 34.8 Å². The van der Waals surface area contributed by atoms with Crippen LogP contribution in [0.5, 0.6) is 0 Å². The first-order valence-corrected chi connectivity index (χ1v) is 12.5. The number of piperazine rings is 1. The van der Waals surface area contributed by atoms with Gasteiger partial charge in [-0.2, -0.15) is 0 Å². The molecule has 1 aromatic carbocycles. The largest absolute Gasteiger partial charge is 0.440 e. The zero-order valence-corrected chi connectivity index (χ0v) is 20.5. The fourth-order valence-electron chi connectivity index (χ4n) is 5.59. The highest BCUT2D eigenvalue weighted by Crippen LogP contribution is 2.42. The first kappa shape index (κ1) is 22.9. The Labute approximate surface area is 208 Å². The van der Waals surface area contributed by atoms with Gasteiger partial charge in [0.1, 0.15) is 5.56 Å². The second-order valence-corrected chi connectivity index (χ2v) is 9.87. The first-order chi connectivity index (χ1) is 17.4. The first-order valence-electron chi connectivity index (χ1n) is 12.5. The van der Waals surface area contributed by atoms with Gasteiger partial charge in [-0.15, -0.1) is 0 Å². The van der Waals surface area contributed by atoms with E-state index >= 15 is 0 Å². The number of fused-ring (bicyclic) bond motifs is 5. The van der Waals surface area contributed by atoms with Gasteiger partial charge in [-0.3, -0.25) is 14.5 Å². The minimum Gasteiger partial charge on any atom is -0.440 e. The highest BCUT2D eigenvalue weighted by molar-refractivity contribution is 6.02. The molecule has 36 heavy (non-hydrogen) atoms. The van der Waals surface area contributed by atoms with Crippen LogP contribution in [0.25, 0.3) is 22.3 Å². The van der Waals surface area contributed by atoms with Crippen molar-refractivity contribution >= 4 is 22.8 Å². The number of carbonyl (C=O) groups is 2. The Morgan fingerprint density at radius 3 is 2.69 bits per heavy atom. The molecule has 2 aromatic heterocycles. The topological polar surface area (TPSA) is 96.8 Å². The maximum Gasteiger partial charge on any atom is 0.345 e. The summed E-state index contributed by atoms with van der Waals surface area (Å²) in [7, 11) is 2.10. The number of ether oxygens (including phenoxy) is 1. The molecule has 0 saturated carbocycles. The number of carbonyl (C=O) groups excluding carboxylic acids is 2. The molecular weight excluding hydrogens is 458 g/mol. The lowest BCUT2D eigenvalue weighted by molar-refractivity contribution is -0.140. The Morgan fingerprint density at radius 1 is 1.14 bits per heavy atom. The van der Waals surface area contributed by atoms with E-state index in [1.807, 2.05) is 30.3 Å². The molecular formula is C27H29N5O4. The predicted octanol–water partition coefficient (Wildman–Crippen LogP) is 1.56. The molecule has 3 aliphatic rings. The summed E-state index contributed by atoms with van der Waals surface area (Å²) in [4.78, 5) is 49.3. The van der Waals surface area contributed by atoms with Gasteiger partial charge >= 0.3 is 5.97 Å². The molecule has 5 heterocycles. The van der Waals surface area contributed by atoms with Gasteiger partial charge in [-0.05, 0) is 31.7 Å². The molecule has 0 spiro atoms. The molecule has 0 bridgehead atoms. The maximum absolute atomic E-state index is 13.5. The summed E-state index contributed by atoms with van der Waals surface area (Å²) in [5.74, 6) is -1.13. The number of nitrogens with zero attached hydrogens (tertiary/aromatic N) is 4. The number of benzene rings is 1. The molecule has 9 heteroatoms. The molecule has 1 fully saturated rings. The van der Waals surface area contributed by atoms with Crippen LogP contribution in [0.2, 0.25) is 0 Å². The summed E-state index contributed by atoms with van der Waals surface area (Å²) in [5.41, 5.74) is 1.39. The fourth-order valence-corrected chi connectivity index (χ4v) is 5.59. The summed E-state index contributed by atoms with van der Waals surface area (Å²) in [5, 5.41) is 3.96. The van der Waals surface area contributed by atoms with Gasteiger partial charge in [0.2, 0.25) is 5.60 Å². The van der Waals surface area contributed by atoms with Crippen LogP contribution in [0.15, 0.2) is 41.2 Å². The van der Waals surface area contributed by atoms with E-state index in [9.17, 15) is 14.4 Å². The molecule has 0 aliphatic carbocycles. The van der Waals surface area contributed by atoms with Crippen molar-refractivity contribution in [1.29, 1.82) is 0 Å². The highest BCUT2D eigenvalue weighted by Gasteiger charge is 2.52. The number of likely N-dealkylation sites (N-methyl/N-ethyl adjacent to an activating group) is 1. The molecule has 9 nitrogen and oxygen atoms in total. The van der Waals surface area contributed by atoms with E-state index in [0.29, 0.717) is 30.0 Å². The molecule has 1 saturated heterocycles. The Kier molecular flexibility index (Phi) is 5.42. The molecule has 3 aromatic rings. The average molecular weight is 488 g/mol. The van der Waals surface area contributed by atoms with Crippen molar-refractivity contribution in [2.24, 2.45) is 0 Å². The maximum atomic E-state index is 13.5. The number of para-hydroxylation sites is 1. The van der Waals surface area contributed by atoms with Gasteiger partial charge in [0.05, 0.1) is 23.4 Å². The lowest BCUT2D eigenvalue weighted by atomic mass is 9.88. The molecule has 3 aliphatic heterocycles. The van der Waals surface area contributed by atoms with Crippen LogP contribution in [0.3, 0.4) is 0 Å². The summed E-state index contributed by atoms with van der Waals surface area (Å²) in [6, 6.07) is 11.6. The number of cyclic esters (lactones) is 1. The molecule has 1 atom stereocenters. The van der Waals surface area contributed by atoms with Crippen LogP contribution < -0.4 is 10.9 Å². The number of hydrogen-bond donors (Lipinski definition) is 1. The lowest BCUT2D eigenvalue weighted by Crippen LogP contribution is -2.49. The van der Waals surface area contributed by atoms with Crippen molar-refractivity contribution in [2.75, 3.05) is 46.3 Å². The van der Waals surface area contributed by atoms with Crippen molar-refractivity contribution < 1.29 is 14.3 Å². The van der Waals surface area contributed by atoms with Gasteiger partial charge in [0.25, 0.3) is 11.5 Å². The SMILES string of the molecule is CC[C@@]1(C(=O)NCCN2CCN(C)CC2)OC(=O)c2c1cc1n(c2=O)Cc2cc3ccccc3nc2-1. The zero-order valence-electron chi connectivity index (χ0n) is 20.5. The van der Waals surface area contributed by atoms with Gasteiger partial charge in [0.15, 0.2) is 0 Å². The summed E-state index contributed by atoms with van der Waals surface area (Å²) in [6.07, 6.45) is 0.229. The van der Waals surface area contributed by atoms with Crippen LogP contribution in [-0.4, -0.2) is 77.5 Å². The number of rotatable bonds is 5. The third kappa shape index (κ3) is 3.45. The monoisotopic (exact) mass is 487 g/mol. The highest BCUT2D eigenvalue weighted by atomic mass is 16.6. The zero-order chi connectivity index (χ0) is 25.0. The van der Waals surface area contributed by atoms with E-state index in [-0.39, 0.29) is 17.9 Å². The molecule has 1 amide bonds. The third-order valence-electron chi connectivity index (χ3n) is 7.75. The summed E-state index contributed by atoms with van der Waals surface area (Å²) < 4.78 is 7.26. The van der Waals surface area contributed by atoms with E-state index in [2.05, 4.69) is 22.2 Å². The molecule has 1 N–H and O–H groups in total. The van der Waals surface area contributed by atoms with Crippen molar-refractivity contribution in [3.8, 4) is 11.4 Å². The van der Waals surface area contributed by atoms with Crippen LogP contribution in [0, 0.1) is 0 Å². The van der Waals surface area contributed by atoms with Gasteiger partial charge in [-0.1, -0.05) is 25.1 Å². The van der Waals surface area contributed by atoms with Crippen molar-refractivity contribution in [3.05, 3.63) is 63.4 Å². The molecule has 0 unspecified atom stereocenters. The predicted molar refractivity (Wildman–Crippen MR) is 135 cm³/mol. The Hall–Kier alpha value is -3.56. The van der Waals surface area contributed by atoms with E-state index < -0.39 is 17.1 Å². The number of hydrogen-bond acceptors (Lipinski definition) is 7. The molecule has 0 radical (unpaired) electrons. The smallest absolute Gasteiger partial charge is 0.345 e. The molecule has 6 rings (SSSR count). The minimum atomic E-state index is -1.52. The Morgan fingerprint density at radius 2 is 1.92 bits per heavy atom. The van der Waals surface area contributed by atoms with E-state index in [4.69, 9.17) is 9.72 Å². The minimum absolute atomic E-state index is 0.0489. The number of nitrogens with one attached hydrogen (secondary N) is 1. The van der Waals surface area contributed by atoms with E-state index in [1.165, 1.54) is 0 Å². The summed E-state index contributed by atoms with van der Waals surface area (Å²) >= 11 is 0. The van der Waals surface area contributed by atoms with Crippen molar-refractivity contribution in [1.82, 2.24) is 24.7 Å². The quantitative estimate of drug-likeness (QED) is 0.427. The second-order valence-electron chi connectivity index (χ2n) is 9.87. The standard InChI is InChI=1S/C27H29N5O4/c1-3-27(26(35)28-8-9-31-12-10-30(2)11-13-31)19-15-21-23-18(14-17-6-4-5-7-20(17)29-23)16-32(21)24(33)22(19)25(34)36-27/h4-7,14-15H,3,8-13,16H2,1-2H3,(H,28,35)/t27-/m1/s1. The molecule has 186 valence electrons. The van der Waals surface area contributed by atoms with Crippen molar-refractivity contribution in [2.45, 2.75) is 25.5 Å². The third-order valence-corrected chi connectivity index (χ3v) is 7.75. The summed E-state index contributed by atoms with van der Waals surface area (Å²) in [6.45, 7) is 7.19. The fraction of sp³-hybridized carbons (Fsp3) is 0.407. The van der Waals surface area contributed by atoms with Crippen LogP contribution in [-0.2, 0) is 21.7 Å². The Balaban J connectivity index is 1.34. The van der Waals surface area contributed by atoms with E-state index in [0.717, 1.165) is 49.2 Å². The van der Waals surface area contributed by atoms with Crippen LogP contribution in [0.4, 0.5) is 0 Å². The number of esters is 1. The van der Waals surface area contributed by atoms with Gasteiger partial charge in [-0.25, -0.2) is 9.78 Å². The van der Waals surface area contributed by atoms with Gasteiger partial charge < -0.3 is 19.5 Å². The Bertz CT molecular complexity index is 1460. The second kappa shape index (κ2) is 8.53.